The molecule has 1 saturated carbocycles. The van der Waals surface area contributed by atoms with E-state index in [1.807, 2.05) is 24.3 Å². The normalized spacial score (nSPS) is 17.0. The number of methoxy groups -OCH3 is 1. The number of rotatable bonds is 6. The zero-order valence-corrected chi connectivity index (χ0v) is 17.6. The summed E-state index contributed by atoms with van der Waals surface area (Å²) in [6.45, 7) is 4.17. The molecule has 0 radical (unpaired) electrons. The largest absolute Gasteiger partial charge is 0.497 e. The van der Waals surface area contributed by atoms with Gasteiger partial charge in [0.15, 0.2) is 0 Å². The van der Waals surface area contributed by atoms with Crippen LogP contribution in [0.1, 0.15) is 34.2 Å². The Hall–Kier alpha value is -3.40. The van der Waals surface area contributed by atoms with Crippen LogP contribution >= 0.6 is 0 Å². The van der Waals surface area contributed by atoms with Gasteiger partial charge in [-0.25, -0.2) is 5.43 Å². The van der Waals surface area contributed by atoms with E-state index < -0.39 is 0 Å². The second-order valence-electron chi connectivity index (χ2n) is 7.97. The molecule has 3 aromatic carbocycles. The summed E-state index contributed by atoms with van der Waals surface area (Å²) in [5.41, 5.74) is 8.12. The van der Waals surface area contributed by atoms with Gasteiger partial charge >= 0.3 is 0 Å². The van der Waals surface area contributed by atoms with Gasteiger partial charge in [-0.3, -0.25) is 4.79 Å². The second kappa shape index (κ2) is 8.15. The quantitative estimate of drug-likeness (QED) is 0.480. The number of hydrazone groups is 1. The Morgan fingerprint density at radius 2 is 1.60 bits per heavy atom. The highest BCUT2D eigenvalue weighted by molar-refractivity contribution is 5.87. The van der Waals surface area contributed by atoms with Gasteiger partial charge in [0.2, 0.25) is 5.91 Å². The molecule has 1 fully saturated rings. The van der Waals surface area contributed by atoms with Gasteiger partial charge in [-0.05, 0) is 61.2 Å². The van der Waals surface area contributed by atoms with E-state index in [-0.39, 0.29) is 17.2 Å². The molecule has 0 aromatic heterocycles. The van der Waals surface area contributed by atoms with E-state index in [1.165, 1.54) is 22.3 Å². The van der Waals surface area contributed by atoms with Crippen LogP contribution < -0.4 is 10.2 Å². The maximum Gasteiger partial charge on any atom is 0.244 e. The molecule has 0 unspecified atom stereocenters. The fraction of sp³-hybridized carbons (Fsp3) is 0.231. The van der Waals surface area contributed by atoms with Crippen LogP contribution in [0.4, 0.5) is 0 Å². The van der Waals surface area contributed by atoms with E-state index in [9.17, 15) is 4.79 Å². The van der Waals surface area contributed by atoms with E-state index in [2.05, 4.69) is 72.9 Å². The van der Waals surface area contributed by atoms with Crippen molar-refractivity contribution < 1.29 is 9.53 Å². The average Bonchev–Trinajstić information content (AvgIpc) is 3.51. The highest BCUT2D eigenvalue weighted by Crippen LogP contribution is 2.59. The summed E-state index contributed by atoms with van der Waals surface area (Å²) in [7, 11) is 1.63. The van der Waals surface area contributed by atoms with Gasteiger partial charge in [-0.15, -0.1) is 0 Å². The Bertz CT molecular complexity index is 1040. The Balaban J connectivity index is 1.55. The van der Waals surface area contributed by atoms with Crippen molar-refractivity contribution in [3.8, 4) is 5.75 Å². The van der Waals surface area contributed by atoms with Gasteiger partial charge in [-0.2, -0.15) is 5.10 Å². The summed E-state index contributed by atoms with van der Waals surface area (Å²) < 4.78 is 5.16. The molecule has 0 saturated heterocycles. The van der Waals surface area contributed by atoms with Crippen LogP contribution in [0.5, 0.6) is 5.75 Å². The topological polar surface area (TPSA) is 50.7 Å². The second-order valence-corrected chi connectivity index (χ2v) is 7.97. The van der Waals surface area contributed by atoms with Crippen molar-refractivity contribution in [3.63, 3.8) is 0 Å². The summed E-state index contributed by atoms with van der Waals surface area (Å²) in [5, 5.41) is 4.18. The summed E-state index contributed by atoms with van der Waals surface area (Å²) in [4.78, 5) is 13.0. The Morgan fingerprint density at radius 3 is 2.13 bits per heavy atom. The lowest BCUT2D eigenvalue weighted by atomic mass is 9.84. The van der Waals surface area contributed by atoms with Crippen molar-refractivity contribution >= 4 is 12.1 Å². The molecule has 4 heteroatoms. The molecular weight excluding hydrogens is 372 g/mol. The van der Waals surface area contributed by atoms with Gasteiger partial charge in [0, 0.05) is 5.41 Å². The number of nitrogens with zero attached hydrogens (tertiary/aromatic N) is 1. The molecule has 0 bridgehead atoms. The zero-order valence-electron chi connectivity index (χ0n) is 17.6. The van der Waals surface area contributed by atoms with Crippen LogP contribution in [-0.4, -0.2) is 19.2 Å². The number of carbonyl (C=O) groups excluding carboxylic acids is 1. The van der Waals surface area contributed by atoms with Gasteiger partial charge in [-0.1, -0.05) is 59.7 Å². The third-order valence-electron chi connectivity index (χ3n) is 5.85. The fourth-order valence-corrected chi connectivity index (χ4v) is 4.17. The Labute approximate surface area is 177 Å². The lowest BCUT2D eigenvalue weighted by Gasteiger charge is -2.19. The SMILES string of the molecule is COc1ccc(/C=N\NC(=O)[C@@H]2CC2(c2cccc(C)c2)c2cccc(C)c2)cc1. The molecular formula is C26H26N2O2. The van der Waals surface area contributed by atoms with Gasteiger partial charge in [0.05, 0.1) is 19.2 Å². The number of nitrogens with one attached hydrogen (secondary N) is 1. The van der Waals surface area contributed by atoms with Crippen LogP contribution in [0, 0.1) is 19.8 Å². The molecule has 4 rings (SSSR count). The van der Waals surface area contributed by atoms with E-state index in [0.29, 0.717) is 0 Å². The molecule has 1 atom stereocenters. The maximum atomic E-state index is 13.0. The van der Waals surface area contributed by atoms with Crippen LogP contribution in [0.2, 0.25) is 0 Å². The standard InChI is InChI=1S/C26H26N2O2/c1-18-6-4-8-21(14-18)26(22-9-5-7-19(2)15-22)16-24(26)25(29)28-27-17-20-10-12-23(30-3)13-11-20/h4-15,17,24H,16H2,1-3H3,(H,28,29)/b27-17-/t24-/m0/s1. The molecule has 1 N–H and O–H groups in total. The molecule has 1 amide bonds. The summed E-state index contributed by atoms with van der Waals surface area (Å²) >= 11 is 0. The van der Waals surface area contributed by atoms with Crippen molar-refractivity contribution in [2.45, 2.75) is 25.7 Å². The van der Waals surface area contributed by atoms with E-state index in [1.54, 1.807) is 13.3 Å². The number of ether oxygens (including phenoxy) is 1. The molecule has 1 aliphatic rings. The predicted octanol–water partition coefficient (Wildman–Crippen LogP) is 4.77. The average molecular weight is 399 g/mol. The molecule has 4 nitrogen and oxygen atoms in total. The van der Waals surface area contributed by atoms with E-state index in [4.69, 9.17) is 4.74 Å². The minimum Gasteiger partial charge on any atom is -0.497 e. The monoisotopic (exact) mass is 398 g/mol. The zero-order chi connectivity index (χ0) is 21.1. The smallest absolute Gasteiger partial charge is 0.244 e. The first-order valence-corrected chi connectivity index (χ1v) is 10.1. The number of hydrogen-bond donors (Lipinski definition) is 1. The van der Waals surface area contributed by atoms with Crippen molar-refractivity contribution in [3.05, 3.63) is 101 Å². The molecule has 0 heterocycles. The maximum absolute atomic E-state index is 13.0. The number of hydrogen-bond acceptors (Lipinski definition) is 3. The molecule has 1 aliphatic carbocycles. The fourth-order valence-electron chi connectivity index (χ4n) is 4.17. The first kappa shape index (κ1) is 19.9. The van der Waals surface area contributed by atoms with E-state index in [0.717, 1.165) is 17.7 Å². The van der Waals surface area contributed by atoms with Crippen molar-refractivity contribution in [2.75, 3.05) is 7.11 Å². The summed E-state index contributed by atoms with van der Waals surface area (Å²) in [5.74, 6) is 0.590. The molecule has 152 valence electrons. The van der Waals surface area contributed by atoms with Crippen molar-refractivity contribution in [2.24, 2.45) is 11.0 Å². The first-order chi connectivity index (χ1) is 14.5. The number of aryl methyl sites for hydroxylation is 2. The van der Waals surface area contributed by atoms with Crippen LogP contribution in [0.3, 0.4) is 0 Å². The summed E-state index contributed by atoms with van der Waals surface area (Å²) in [6.07, 6.45) is 2.44. The lowest BCUT2D eigenvalue weighted by Crippen LogP contribution is -2.25. The molecule has 0 aliphatic heterocycles. The third kappa shape index (κ3) is 3.86. The number of carbonyl (C=O) groups is 1. The Morgan fingerprint density at radius 1 is 1.00 bits per heavy atom. The van der Waals surface area contributed by atoms with Crippen LogP contribution in [-0.2, 0) is 10.2 Å². The van der Waals surface area contributed by atoms with Crippen molar-refractivity contribution in [1.29, 1.82) is 0 Å². The number of amides is 1. The predicted molar refractivity (Wildman–Crippen MR) is 120 cm³/mol. The van der Waals surface area contributed by atoms with Gasteiger partial charge in [0.25, 0.3) is 0 Å². The van der Waals surface area contributed by atoms with E-state index >= 15 is 0 Å². The first-order valence-electron chi connectivity index (χ1n) is 10.1. The lowest BCUT2D eigenvalue weighted by molar-refractivity contribution is -0.122. The third-order valence-corrected chi connectivity index (χ3v) is 5.85. The van der Waals surface area contributed by atoms with Gasteiger partial charge in [0.1, 0.15) is 5.75 Å². The molecule has 30 heavy (non-hydrogen) atoms. The minimum absolute atomic E-state index is 0.0530. The molecule has 3 aromatic rings. The molecule has 0 spiro atoms. The van der Waals surface area contributed by atoms with Crippen LogP contribution in [0.25, 0.3) is 0 Å². The highest BCUT2D eigenvalue weighted by atomic mass is 16.5. The van der Waals surface area contributed by atoms with Crippen molar-refractivity contribution in [1.82, 2.24) is 5.43 Å². The minimum atomic E-state index is -0.294. The number of benzene rings is 3. The van der Waals surface area contributed by atoms with Gasteiger partial charge < -0.3 is 4.74 Å². The van der Waals surface area contributed by atoms with Crippen LogP contribution in [0.15, 0.2) is 77.9 Å². The summed E-state index contributed by atoms with van der Waals surface area (Å²) in [6, 6.07) is 24.5. The Kier molecular flexibility index (Phi) is 5.40. The highest BCUT2D eigenvalue weighted by Gasteiger charge is 2.60.